The van der Waals surface area contributed by atoms with Crippen LogP contribution in [0, 0.1) is 12.7 Å². The van der Waals surface area contributed by atoms with Gasteiger partial charge in [-0.15, -0.1) is 0 Å². The molecule has 1 aromatic heterocycles. The summed E-state index contributed by atoms with van der Waals surface area (Å²) in [6.45, 7) is 3.74. The number of esters is 1. The van der Waals surface area contributed by atoms with Gasteiger partial charge in [0.2, 0.25) is 0 Å². The third kappa shape index (κ3) is 3.35. The number of methoxy groups -OCH3 is 1. The number of carbonyl (C=O) groups excluding carboxylic acids is 1. The number of rotatable bonds is 3. The predicted octanol–water partition coefficient (Wildman–Crippen LogP) is 3.78. The Morgan fingerprint density at radius 2 is 1.96 bits per heavy atom. The van der Waals surface area contributed by atoms with Crippen molar-refractivity contribution in [3.63, 3.8) is 0 Å². The molecule has 1 aliphatic heterocycles. The Morgan fingerprint density at radius 3 is 2.62 bits per heavy atom. The van der Waals surface area contributed by atoms with E-state index in [1.54, 1.807) is 6.07 Å². The van der Waals surface area contributed by atoms with Crippen LogP contribution in [0.5, 0.6) is 0 Å². The standard InChI is InChI=1S/C19H23FN2O2/c1-13-15(12-18(23)24-2)19(22-9-5-3-4-6-10-22)16-11-14(20)7-8-17(16)21-13/h7-8,11H,3-6,9-10,12H2,1-2H3. The van der Waals surface area contributed by atoms with Gasteiger partial charge in [0, 0.05) is 29.7 Å². The number of benzene rings is 1. The number of pyridine rings is 1. The summed E-state index contributed by atoms with van der Waals surface area (Å²) in [6, 6.07) is 4.67. The maximum Gasteiger partial charge on any atom is 0.310 e. The van der Waals surface area contributed by atoms with Crippen molar-refractivity contribution >= 4 is 22.6 Å². The Labute approximate surface area is 141 Å². The van der Waals surface area contributed by atoms with Crippen molar-refractivity contribution in [3.8, 4) is 0 Å². The van der Waals surface area contributed by atoms with Crippen LogP contribution in [-0.4, -0.2) is 31.2 Å². The lowest BCUT2D eigenvalue weighted by molar-refractivity contribution is -0.139. The number of hydrogen-bond donors (Lipinski definition) is 0. The molecule has 0 spiro atoms. The van der Waals surface area contributed by atoms with E-state index in [9.17, 15) is 9.18 Å². The SMILES string of the molecule is COC(=O)Cc1c(C)nc2ccc(F)cc2c1N1CCCCCC1. The van der Waals surface area contributed by atoms with E-state index in [-0.39, 0.29) is 18.2 Å². The molecule has 1 aromatic carbocycles. The summed E-state index contributed by atoms with van der Waals surface area (Å²) in [5, 5.41) is 0.779. The molecular weight excluding hydrogens is 307 g/mol. The third-order valence-corrected chi connectivity index (χ3v) is 4.70. The molecular formula is C19H23FN2O2. The summed E-state index contributed by atoms with van der Waals surface area (Å²) in [5.41, 5.74) is 3.37. The van der Waals surface area contributed by atoms with Gasteiger partial charge in [0.1, 0.15) is 5.82 Å². The molecule has 0 N–H and O–H groups in total. The highest BCUT2D eigenvalue weighted by Gasteiger charge is 2.22. The van der Waals surface area contributed by atoms with E-state index in [1.165, 1.54) is 32.1 Å². The third-order valence-electron chi connectivity index (χ3n) is 4.70. The van der Waals surface area contributed by atoms with Crippen molar-refractivity contribution in [1.82, 2.24) is 4.98 Å². The fraction of sp³-hybridized carbons (Fsp3) is 0.474. The molecule has 0 bridgehead atoms. The van der Waals surface area contributed by atoms with Crippen LogP contribution in [-0.2, 0) is 16.0 Å². The fourth-order valence-electron chi connectivity index (χ4n) is 3.46. The van der Waals surface area contributed by atoms with Gasteiger partial charge >= 0.3 is 5.97 Å². The maximum absolute atomic E-state index is 13.9. The summed E-state index contributed by atoms with van der Waals surface area (Å²) in [7, 11) is 1.39. The Balaban J connectivity index is 2.20. The number of fused-ring (bicyclic) bond motifs is 1. The lowest BCUT2D eigenvalue weighted by atomic mass is 10.0. The molecule has 1 fully saturated rings. The first kappa shape index (κ1) is 16.7. The molecule has 2 aromatic rings. The zero-order valence-corrected chi connectivity index (χ0v) is 14.3. The summed E-state index contributed by atoms with van der Waals surface area (Å²) in [4.78, 5) is 18.8. The van der Waals surface area contributed by atoms with Crippen molar-refractivity contribution in [1.29, 1.82) is 0 Å². The van der Waals surface area contributed by atoms with Gasteiger partial charge in [0.05, 0.1) is 24.7 Å². The monoisotopic (exact) mass is 330 g/mol. The van der Waals surface area contributed by atoms with Crippen molar-refractivity contribution in [2.75, 3.05) is 25.1 Å². The van der Waals surface area contributed by atoms with Gasteiger partial charge in [-0.3, -0.25) is 9.78 Å². The molecule has 0 amide bonds. The second-order valence-electron chi connectivity index (χ2n) is 6.34. The number of carbonyl (C=O) groups is 1. The van der Waals surface area contributed by atoms with Crippen molar-refractivity contribution in [2.24, 2.45) is 0 Å². The highest BCUT2D eigenvalue weighted by atomic mass is 19.1. The second-order valence-corrected chi connectivity index (χ2v) is 6.34. The van der Waals surface area contributed by atoms with Gasteiger partial charge in [0.15, 0.2) is 0 Å². The van der Waals surface area contributed by atoms with Gasteiger partial charge in [-0.25, -0.2) is 4.39 Å². The maximum atomic E-state index is 13.9. The van der Waals surface area contributed by atoms with Crippen LogP contribution in [0.15, 0.2) is 18.2 Å². The van der Waals surface area contributed by atoms with Gasteiger partial charge in [-0.05, 0) is 38.0 Å². The smallest absolute Gasteiger partial charge is 0.310 e. The molecule has 5 heteroatoms. The number of halogens is 1. The Bertz CT molecular complexity index is 753. The van der Waals surface area contributed by atoms with Crippen LogP contribution in [0.4, 0.5) is 10.1 Å². The van der Waals surface area contributed by atoms with Gasteiger partial charge in [-0.1, -0.05) is 12.8 Å². The molecule has 128 valence electrons. The average molecular weight is 330 g/mol. The topological polar surface area (TPSA) is 42.4 Å². The molecule has 2 heterocycles. The number of ether oxygens (including phenoxy) is 1. The number of aromatic nitrogens is 1. The van der Waals surface area contributed by atoms with Crippen LogP contribution >= 0.6 is 0 Å². The van der Waals surface area contributed by atoms with E-state index in [0.29, 0.717) is 0 Å². The molecule has 3 rings (SSSR count). The minimum absolute atomic E-state index is 0.160. The van der Waals surface area contributed by atoms with E-state index in [1.807, 2.05) is 6.92 Å². The molecule has 0 radical (unpaired) electrons. The second kappa shape index (κ2) is 7.16. The Hall–Kier alpha value is -2.17. The average Bonchev–Trinajstić information content (AvgIpc) is 2.85. The number of anilines is 1. The van der Waals surface area contributed by atoms with E-state index in [4.69, 9.17) is 4.74 Å². The first-order valence-corrected chi connectivity index (χ1v) is 8.50. The largest absolute Gasteiger partial charge is 0.469 e. The summed E-state index contributed by atoms with van der Waals surface area (Å²) in [6.07, 6.45) is 4.79. The predicted molar refractivity (Wildman–Crippen MR) is 92.8 cm³/mol. The minimum atomic E-state index is -0.299. The van der Waals surface area contributed by atoms with Gasteiger partial charge in [0.25, 0.3) is 0 Å². The molecule has 1 aliphatic rings. The quantitative estimate of drug-likeness (QED) is 0.803. The van der Waals surface area contributed by atoms with Crippen molar-refractivity contribution in [3.05, 3.63) is 35.3 Å². The van der Waals surface area contributed by atoms with E-state index in [2.05, 4.69) is 9.88 Å². The molecule has 1 saturated heterocycles. The molecule has 0 atom stereocenters. The van der Waals surface area contributed by atoms with Gasteiger partial charge in [-0.2, -0.15) is 0 Å². The number of nitrogens with zero attached hydrogens (tertiary/aromatic N) is 2. The van der Waals surface area contributed by atoms with Gasteiger partial charge < -0.3 is 9.64 Å². The van der Waals surface area contributed by atoms with Crippen LogP contribution in [0.2, 0.25) is 0 Å². The van der Waals surface area contributed by atoms with Crippen LogP contribution in [0.3, 0.4) is 0 Å². The Kier molecular flexibility index (Phi) is 4.97. The first-order chi connectivity index (χ1) is 11.6. The normalized spacial score (nSPS) is 15.4. The summed E-state index contributed by atoms with van der Waals surface area (Å²) >= 11 is 0. The van der Waals surface area contributed by atoms with Crippen molar-refractivity contribution < 1.29 is 13.9 Å². The summed E-state index contributed by atoms with van der Waals surface area (Å²) in [5.74, 6) is -0.583. The van der Waals surface area contributed by atoms with E-state index in [0.717, 1.165) is 53.8 Å². The first-order valence-electron chi connectivity index (χ1n) is 8.50. The van der Waals surface area contributed by atoms with Crippen LogP contribution in [0.1, 0.15) is 36.9 Å². The van der Waals surface area contributed by atoms with Crippen molar-refractivity contribution in [2.45, 2.75) is 39.0 Å². The minimum Gasteiger partial charge on any atom is -0.469 e. The highest BCUT2D eigenvalue weighted by Crippen LogP contribution is 2.34. The molecule has 0 aliphatic carbocycles. The summed E-state index contributed by atoms with van der Waals surface area (Å²) < 4.78 is 18.7. The fourth-order valence-corrected chi connectivity index (χ4v) is 3.46. The zero-order valence-electron chi connectivity index (χ0n) is 14.3. The van der Waals surface area contributed by atoms with Crippen LogP contribution in [0.25, 0.3) is 10.9 Å². The number of aryl methyl sites for hydroxylation is 1. The highest BCUT2D eigenvalue weighted by molar-refractivity contribution is 5.95. The zero-order chi connectivity index (χ0) is 17.1. The van der Waals surface area contributed by atoms with E-state index < -0.39 is 0 Å². The molecule has 0 unspecified atom stereocenters. The molecule has 4 nitrogen and oxygen atoms in total. The molecule has 0 saturated carbocycles. The van der Waals surface area contributed by atoms with Crippen LogP contribution < -0.4 is 4.90 Å². The number of hydrogen-bond acceptors (Lipinski definition) is 4. The Morgan fingerprint density at radius 1 is 1.25 bits per heavy atom. The molecule has 24 heavy (non-hydrogen) atoms. The lowest BCUT2D eigenvalue weighted by Gasteiger charge is -2.28. The lowest BCUT2D eigenvalue weighted by Crippen LogP contribution is -2.26. The van der Waals surface area contributed by atoms with E-state index >= 15 is 0 Å².